The largest absolute Gasteiger partial charge is 0.497 e. The van der Waals surface area contributed by atoms with Crippen LogP contribution in [-0.4, -0.2) is 56.0 Å². The summed E-state index contributed by atoms with van der Waals surface area (Å²) in [5, 5.41) is 3.33. The second kappa shape index (κ2) is 9.24. The quantitative estimate of drug-likeness (QED) is 0.819. The third-order valence-electron chi connectivity index (χ3n) is 5.08. The number of carbonyl (C=O) groups is 2. The Morgan fingerprint density at radius 1 is 1.35 bits per heavy atom. The Morgan fingerprint density at radius 3 is 2.65 bits per heavy atom. The fourth-order valence-corrected chi connectivity index (χ4v) is 3.74. The van der Waals surface area contributed by atoms with Crippen molar-refractivity contribution in [3.63, 3.8) is 0 Å². The molecule has 1 aromatic carbocycles. The average Bonchev–Trinajstić information content (AvgIpc) is 3.29. The lowest BCUT2D eigenvalue weighted by atomic mass is 10.0. The first-order valence-corrected chi connectivity index (χ1v) is 9.09. The van der Waals surface area contributed by atoms with Gasteiger partial charge in [-0.25, -0.2) is 0 Å². The van der Waals surface area contributed by atoms with Crippen molar-refractivity contribution in [3.05, 3.63) is 24.3 Å². The third kappa shape index (κ3) is 4.30. The summed E-state index contributed by atoms with van der Waals surface area (Å²) in [5.74, 6) is 0.650. The van der Waals surface area contributed by atoms with Gasteiger partial charge in [-0.3, -0.25) is 9.59 Å². The summed E-state index contributed by atoms with van der Waals surface area (Å²) in [7, 11) is 1.62. The molecule has 2 fully saturated rings. The van der Waals surface area contributed by atoms with E-state index >= 15 is 0 Å². The molecule has 0 aliphatic carbocycles. The van der Waals surface area contributed by atoms with Crippen LogP contribution in [0, 0.1) is 5.92 Å². The van der Waals surface area contributed by atoms with Crippen molar-refractivity contribution in [1.29, 1.82) is 0 Å². The normalized spacial score (nSPS) is 22.2. The molecule has 0 radical (unpaired) electrons. The van der Waals surface area contributed by atoms with E-state index in [4.69, 9.17) is 4.74 Å². The fraction of sp³-hybridized carbons (Fsp3) is 0.579. The molecule has 1 N–H and O–H groups in total. The van der Waals surface area contributed by atoms with Crippen molar-refractivity contribution in [1.82, 2.24) is 10.2 Å². The van der Waals surface area contributed by atoms with E-state index in [9.17, 15) is 9.59 Å². The molecular weight excluding hydrogens is 354 g/mol. The molecule has 2 aliphatic heterocycles. The number of hydrogen-bond donors (Lipinski definition) is 1. The molecule has 2 saturated heterocycles. The molecule has 2 amide bonds. The van der Waals surface area contributed by atoms with E-state index in [-0.39, 0.29) is 36.2 Å². The highest BCUT2D eigenvalue weighted by Crippen LogP contribution is 2.28. The summed E-state index contributed by atoms with van der Waals surface area (Å²) < 4.78 is 5.16. The summed E-state index contributed by atoms with van der Waals surface area (Å²) in [6.07, 6.45) is 2.23. The number of nitrogens with one attached hydrogen (secondary N) is 1. The molecule has 0 bridgehead atoms. The van der Waals surface area contributed by atoms with Gasteiger partial charge in [0.15, 0.2) is 0 Å². The predicted molar refractivity (Wildman–Crippen MR) is 104 cm³/mol. The number of rotatable bonds is 6. The molecule has 3 rings (SSSR count). The number of amides is 2. The van der Waals surface area contributed by atoms with E-state index in [1.165, 1.54) is 0 Å². The second-order valence-corrected chi connectivity index (χ2v) is 6.78. The van der Waals surface area contributed by atoms with Gasteiger partial charge in [0.2, 0.25) is 11.8 Å². The lowest BCUT2D eigenvalue weighted by Crippen LogP contribution is -2.45. The number of hydrogen-bond acceptors (Lipinski definition) is 4. The van der Waals surface area contributed by atoms with Gasteiger partial charge in [0, 0.05) is 37.8 Å². The highest BCUT2D eigenvalue weighted by Gasteiger charge is 2.39. The molecule has 2 heterocycles. The van der Waals surface area contributed by atoms with Crippen LogP contribution < -0.4 is 15.0 Å². The Morgan fingerprint density at radius 2 is 2.08 bits per heavy atom. The molecular formula is C19H28ClN3O3. The average molecular weight is 382 g/mol. The first-order chi connectivity index (χ1) is 12.1. The Labute approximate surface area is 161 Å². The summed E-state index contributed by atoms with van der Waals surface area (Å²) in [4.78, 5) is 29.2. The predicted octanol–water partition coefficient (Wildman–Crippen LogP) is 2.07. The number of halogens is 1. The molecule has 0 saturated carbocycles. The summed E-state index contributed by atoms with van der Waals surface area (Å²) in [6, 6.07) is 7.68. The Bertz CT molecular complexity index is 617. The Hall–Kier alpha value is -1.79. The van der Waals surface area contributed by atoms with E-state index in [2.05, 4.69) is 12.2 Å². The number of nitrogens with zero attached hydrogens (tertiary/aromatic N) is 2. The smallest absolute Gasteiger partial charge is 0.228 e. The van der Waals surface area contributed by atoms with Crippen LogP contribution in [0.4, 0.5) is 5.69 Å². The summed E-state index contributed by atoms with van der Waals surface area (Å²) in [5.41, 5.74) is 0.825. The van der Waals surface area contributed by atoms with Crippen LogP contribution in [-0.2, 0) is 9.59 Å². The van der Waals surface area contributed by atoms with Gasteiger partial charge in [0.1, 0.15) is 5.75 Å². The minimum absolute atomic E-state index is 0. The van der Waals surface area contributed by atoms with E-state index in [1.54, 1.807) is 12.0 Å². The van der Waals surface area contributed by atoms with Crippen molar-refractivity contribution in [3.8, 4) is 5.75 Å². The lowest BCUT2D eigenvalue weighted by molar-refractivity contribution is -0.137. The number of methoxy groups -OCH3 is 1. The zero-order valence-corrected chi connectivity index (χ0v) is 16.3. The van der Waals surface area contributed by atoms with Gasteiger partial charge in [0.25, 0.3) is 0 Å². The topological polar surface area (TPSA) is 61.9 Å². The molecule has 0 spiro atoms. The molecule has 2 atom stereocenters. The van der Waals surface area contributed by atoms with Crippen LogP contribution in [0.15, 0.2) is 24.3 Å². The first kappa shape index (κ1) is 20.5. The van der Waals surface area contributed by atoms with Gasteiger partial charge in [-0.1, -0.05) is 6.92 Å². The zero-order chi connectivity index (χ0) is 17.8. The minimum atomic E-state index is -0.248. The van der Waals surface area contributed by atoms with Crippen molar-refractivity contribution >= 4 is 29.9 Å². The summed E-state index contributed by atoms with van der Waals surface area (Å²) >= 11 is 0. The highest BCUT2D eigenvalue weighted by atomic mass is 35.5. The van der Waals surface area contributed by atoms with Gasteiger partial charge in [0.05, 0.1) is 13.0 Å². The SMILES string of the molecule is CCCN(C(=O)C1CC(=O)N(c2ccc(OC)cc2)C1)C1CCNC1.Cl. The lowest BCUT2D eigenvalue weighted by Gasteiger charge is -2.30. The highest BCUT2D eigenvalue weighted by molar-refractivity contribution is 6.00. The van der Waals surface area contributed by atoms with E-state index < -0.39 is 0 Å². The van der Waals surface area contributed by atoms with E-state index in [1.807, 2.05) is 29.2 Å². The van der Waals surface area contributed by atoms with E-state index in [0.717, 1.165) is 43.9 Å². The van der Waals surface area contributed by atoms with Crippen LogP contribution >= 0.6 is 12.4 Å². The van der Waals surface area contributed by atoms with Crippen molar-refractivity contribution in [2.75, 3.05) is 38.2 Å². The summed E-state index contributed by atoms with van der Waals surface area (Å²) in [6.45, 7) is 5.13. The van der Waals surface area contributed by atoms with Crippen LogP contribution in [0.1, 0.15) is 26.2 Å². The van der Waals surface area contributed by atoms with Gasteiger partial charge in [-0.15, -0.1) is 12.4 Å². The number of ether oxygens (including phenoxy) is 1. The minimum Gasteiger partial charge on any atom is -0.497 e. The number of benzene rings is 1. The van der Waals surface area contributed by atoms with Crippen LogP contribution in [0.3, 0.4) is 0 Å². The van der Waals surface area contributed by atoms with Gasteiger partial charge < -0.3 is 19.9 Å². The molecule has 7 heteroatoms. The monoisotopic (exact) mass is 381 g/mol. The van der Waals surface area contributed by atoms with E-state index in [0.29, 0.717) is 13.0 Å². The van der Waals surface area contributed by atoms with Gasteiger partial charge >= 0.3 is 0 Å². The van der Waals surface area contributed by atoms with Gasteiger partial charge in [-0.2, -0.15) is 0 Å². The standard InChI is InChI=1S/C19H27N3O3.ClH/c1-3-10-21(16-8-9-20-12-16)19(24)14-11-18(23)22(13-14)15-4-6-17(25-2)7-5-15;/h4-7,14,16,20H,3,8-13H2,1-2H3;1H. The third-order valence-corrected chi connectivity index (χ3v) is 5.08. The molecule has 26 heavy (non-hydrogen) atoms. The molecule has 2 unspecified atom stereocenters. The molecule has 2 aliphatic rings. The zero-order valence-electron chi connectivity index (χ0n) is 15.4. The number of carbonyl (C=O) groups excluding carboxylic acids is 2. The maximum Gasteiger partial charge on any atom is 0.228 e. The second-order valence-electron chi connectivity index (χ2n) is 6.78. The van der Waals surface area contributed by atoms with Crippen molar-refractivity contribution in [2.24, 2.45) is 5.92 Å². The Kier molecular flexibility index (Phi) is 7.29. The van der Waals surface area contributed by atoms with Gasteiger partial charge in [-0.05, 0) is 43.7 Å². The molecule has 1 aromatic rings. The van der Waals surface area contributed by atoms with Crippen LogP contribution in [0.2, 0.25) is 0 Å². The van der Waals surface area contributed by atoms with Crippen LogP contribution in [0.5, 0.6) is 5.75 Å². The van der Waals surface area contributed by atoms with Crippen molar-refractivity contribution in [2.45, 2.75) is 32.2 Å². The molecule has 144 valence electrons. The molecule has 0 aromatic heterocycles. The number of anilines is 1. The van der Waals surface area contributed by atoms with Crippen molar-refractivity contribution < 1.29 is 14.3 Å². The fourth-order valence-electron chi connectivity index (χ4n) is 3.74. The van der Waals surface area contributed by atoms with Crippen LogP contribution in [0.25, 0.3) is 0 Å². The maximum atomic E-state index is 13.0. The maximum absolute atomic E-state index is 13.0. The molecule has 6 nitrogen and oxygen atoms in total. The first-order valence-electron chi connectivity index (χ1n) is 9.09. The Balaban J connectivity index is 0.00000243.